The van der Waals surface area contributed by atoms with Gasteiger partial charge in [0.25, 0.3) is 0 Å². The topological polar surface area (TPSA) is 72.6 Å². The average molecular weight is 303 g/mol. The summed E-state index contributed by atoms with van der Waals surface area (Å²) in [6.07, 6.45) is 5.95. The average Bonchev–Trinajstić information content (AvgIpc) is 3.19. The van der Waals surface area contributed by atoms with Crippen molar-refractivity contribution in [2.75, 3.05) is 7.11 Å². The Morgan fingerprint density at radius 2 is 2.00 bits per heavy atom. The zero-order valence-electron chi connectivity index (χ0n) is 12.9. The van der Waals surface area contributed by atoms with E-state index in [9.17, 15) is 4.79 Å². The number of nitrogens with zero attached hydrogens (tertiary/aromatic N) is 1. The number of ether oxygens (including phenoxy) is 1. The summed E-state index contributed by atoms with van der Waals surface area (Å²) < 4.78 is 10.1. The van der Waals surface area contributed by atoms with E-state index in [1.54, 1.807) is 18.2 Å². The number of carboxylic acid groups (broad SMARTS) is 1. The van der Waals surface area contributed by atoms with Gasteiger partial charge in [0.1, 0.15) is 5.75 Å². The number of aromatic carboxylic acids is 1. The summed E-state index contributed by atoms with van der Waals surface area (Å²) in [7, 11) is 1.54. The maximum atomic E-state index is 10.6. The highest BCUT2D eigenvalue weighted by molar-refractivity contribution is 5.86. The van der Waals surface area contributed by atoms with Gasteiger partial charge in [0, 0.05) is 6.07 Å². The third-order valence-electron chi connectivity index (χ3n) is 3.75. The van der Waals surface area contributed by atoms with Crippen LogP contribution in [0.3, 0.4) is 0 Å². The van der Waals surface area contributed by atoms with Crippen LogP contribution in [0.5, 0.6) is 5.75 Å². The van der Waals surface area contributed by atoms with Gasteiger partial charge < -0.3 is 14.4 Å². The van der Waals surface area contributed by atoms with Crippen molar-refractivity contribution in [3.05, 3.63) is 36.0 Å². The predicted octanol–water partition coefficient (Wildman–Crippen LogP) is 4.24. The second-order valence-corrected chi connectivity index (χ2v) is 5.47. The molecule has 1 fully saturated rings. The maximum Gasteiger partial charge on any atom is 0.358 e. The summed E-state index contributed by atoms with van der Waals surface area (Å²) in [6, 6.07) is 8.51. The number of methoxy groups -OCH3 is 1. The number of hydrogen-bond donors (Lipinski definition) is 1. The molecule has 1 aromatic carbocycles. The van der Waals surface area contributed by atoms with Gasteiger partial charge in [0.05, 0.1) is 12.7 Å². The second-order valence-electron chi connectivity index (χ2n) is 5.47. The molecule has 0 saturated heterocycles. The van der Waals surface area contributed by atoms with Crippen LogP contribution in [-0.4, -0.2) is 23.3 Å². The third-order valence-corrected chi connectivity index (χ3v) is 3.75. The molecule has 0 radical (unpaired) electrons. The third kappa shape index (κ3) is 4.10. The monoisotopic (exact) mass is 303 g/mol. The van der Waals surface area contributed by atoms with E-state index in [0.29, 0.717) is 17.1 Å². The molecule has 0 spiro atoms. The van der Waals surface area contributed by atoms with Crippen molar-refractivity contribution in [2.45, 2.75) is 32.6 Å². The predicted molar refractivity (Wildman–Crippen MR) is 83.1 cm³/mol. The minimum Gasteiger partial charge on any atom is -0.496 e. The highest BCUT2D eigenvalue weighted by atomic mass is 16.5. The fraction of sp³-hybridized carbons (Fsp3) is 0.412. The molecule has 0 atom stereocenters. The molecule has 1 aromatic heterocycles. The zero-order chi connectivity index (χ0) is 15.9. The number of para-hydroxylation sites is 1. The molecule has 3 rings (SSSR count). The number of carbonyl (C=O) groups is 1. The van der Waals surface area contributed by atoms with Crippen LogP contribution in [0.15, 0.2) is 34.9 Å². The molecule has 1 saturated carbocycles. The van der Waals surface area contributed by atoms with Crippen LogP contribution >= 0.6 is 0 Å². The number of aromatic nitrogens is 1. The molecule has 0 bridgehead atoms. The van der Waals surface area contributed by atoms with Crippen LogP contribution < -0.4 is 4.74 Å². The van der Waals surface area contributed by atoms with Crippen LogP contribution in [0.25, 0.3) is 11.3 Å². The first-order valence-corrected chi connectivity index (χ1v) is 7.45. The molecular weight excluding hydrogens is 282 g/mol. The molecule has 0 aliphatic heterocycles. The maximum absolute atomic E-state index is 10.6. The first-order chi connectivity index (χ1) is 10.6. The number of benzene rings is 1. The number of carboxylic acids is 1. The van der Waals surface area contributed by atoms with E-state index in [-0.39, 0.29) is 5.69 Å². The zero-order valence-corrected chi connectivity index (χ0v) is 12.9. The van der Waals surface area contributed by atoms with Crippen LogP contribution in [0.1, 0.15) is 43.1 Å². The Kier molecular flexibility index (Phi) is 5.58. The van der Waals surface area contributed by atoms with Crippen LogP contribution in [0, 0.1) is 5.92 Å². The highest BCUT2D eigenvalue weighted by Gasteiger charge is 2.14. The van der Waals surface area contributed by atoms with E-state index >= 15 is 0 Å². The molecule has 1 aliphatic carbocycles. The normalized spacial score (nSPS) is 14.3. The smallest absolute Gasteiger partial charge is 0.358 e. The van der Waals surface area contributed by atoms with E-state index in [2.05, 4.69) is 12.1 Å². The molecule has 1 N–H and O–H groups in total. The van der Waals surface area contributed by atoms with Crippen LogP contribution in [-0.2, 0) is 0 Å². The molecule has 0 unspecified atom stereocenters. The van der Waals surface area contributed by atoms with Gasteiger partial charge in [-0.25, -0.2) is 4.79 Å². The van der Waals surface area contributed by atoms with E-state index < -0.39 is 5.97 Å². The molecule has 2 aromatic rings. The Hall–Kier alpha value is -2.30. The van der Waals surface area contributed by atoms with E-state index in [1.807, 2.05) is 6.07 Å². The molecular formula is C17H21NO4. The lowest BCUT2D eigenvalue weighted by Gasteiger charge is -2.03. The quantitative estimate of drug-likeness (QED) is 0.917. The summed E-state index contributed by atoms with van der Waals surface area (Å²) >= 11 is 0. The second kappa shape index (κ2) is 7.64. The van der Waals surface area contributed by atoms with Crippen LogP contribution in [0.2, 0.25) is 0 Å². The summed E-state index contributed by atoms with van der Waals surface area (Å²) in [5.41, 5.74) is 0.547. The largest absolute Gasteiger partial charge is 0.496 e. The van der Waals surface area contributed by atoms with Crippen molar-refractivity contribution in [2.24, 2.45) is 5.92 Å². The van der Waals surface area contributed by atoms with Crippen molar-refractivity contribution in [1.29, 1.82) is 0 Å². The first kappa shape index (κ1) is 16.1. The van der Waals surface area contributed by atoms with E-state index in [0.717, 1.165) is 5.92 Å². The summed E-state index contributed by atoms with van der Waals surface area (Å²) in [5.74, 6) is 0.903. The molecule has 5 heteroatoms. The number of hydrogen-bond acceptors (Lipinski definition) is 4. The first-order valence-electron chi connectivity index (χ1n) is 7.45. The van der Waals surface area contributed by atoms with Crippen molar-refractivity contribution in [3.8, 4) is 17.1 Å². The van der Waals surface area contributed by atoms with E-state index in [4.69, 9.17) is 14.4 Å². The van der Waals surface area contributed by atoms with Gasteiger partial charge in [0.2, 0.25) is 0 Å². The lowest BCUT2D eigenvalue weighted by Crippen LogP contribution is -1.94. The highest BCUT2D eigenvalue weighted by Crippen LogP contribution is 2.29. The molecule has 22 heavy (non-hydrogen) atoms. The summed E-state index contributed by atoms with van der Waals surface area (Å²) in [4.78, 5) is 10.6. The summed E-state index contributed by atoms with van der Waals surface area (Å²) in [6.45, 7) is 2.34. The fourth-order valence-electron chi connectivity index (χ4n) is 2.48. The Balaban J connectivity index is 0.000000246. The van der Waals surface area contributed by atoms with Gasteiger partial charge in [-0.2, -0.15) is 0 Å². The van der Waals surface area contributed by atoms with Gasteiger partial charge in [-0.05, 0) is 18.1 Å². The number of rotatable bonds is 3. The van der Waals surface area contributed by atoms with Crippen molar-refractivity contribution >= 4 is 5.97 Å². The molecule has 0 amide bonds. The van der Waals surface area contributed by atoms with Gasteiger partial charge >= 0.3 is 5.97 Å². The van der Waals surface area contributed by atoms with Crippen LogP contribution in [0.4, 0.5) is 0 Å². The fourth-order valence-corrected chi connectivity index (χ4v) is 2.48. The Bertz CT molecular complexity index is 615. The van der Waals surface area contributed by atoms with E-state index in [1.165, 1.54) is 38.9 Å². The standard InChI is InChI=1S/C11H9NO4.C6H12/c1-15-9-5-3-2-4-7(9)10-6-8(11(13)14)12-16-10;1-6-4-2-3-5-6/h2-6H,1H3,(H,13,14);6H,2-5H2,1H3. The Morgan fingerprint density at radius 1 is 1.32 bits per heavy atom. The van der Waals surface area contributed by atoms with Gasteiger partial charge in [-0.1, -0.05) is 49.9 Å². The van der Waals surface area contributed by atoms with Gasteiger partial charge in [-0.15, -0.1) is 0 Å². The lowest BCUT2D eigenvalue weighted by atomic mass is 10.1. The van der Waals surface area contributed by atoms with Gasteiger partial charge in [-0.3, -0.25) is 0 Å². The van der Waals surface area contributed by atoms with Crippen molar-refractivity contribution in [3.63, 3.8) is 0 Å². The van der Waals surface area contributed by atoms with Crippen molar-refractivity contribution in [1.82, 2.24) is 5.16 Å². The lowest BCUT2D eigenvalue weighted by molar-refractivity contribution is 0.0686. The van der Waals surface area contributed by atoms with Crippen molar-refractivity contribution < 1.29 is 19.2 Å². The minimum absolute atomic E-state index is 0.124. The minimum atomic E-state index is -1.12. The molecule has 118 valence electrons. The van der Waals surface area contributed by atoms with Gasteiger partial charge in [0.15, 0.2) is 11.5 Å². The SMILES string of the molecule is CC1CCCC1.COc1ccccc1-c1cc(C(=O)O)no1. The molecule has 1 heterocycles. The Labute approximate surface area is 129 Å². The molecule has 5 nitrogen and oxygen atoms in total. The summed E-state index contributed by atoms with van der Waals surface area (Å²) in [5, 5.41) is 12.2. The molecule has 1 aliphatic rings. The Morgan fingerprint density at radius 3 is 2.50 bits per heavy atom.